The van der Waals surface area contributed by atoms with Crippen LogP contribution in [0.4, 0.5) is 0 Å². The number of hydrogen-bond acceptors (Lipinski definition) is 6. The van der Waals surface area contributed by atoms with Gasteiger partial charge in [0.25, 0.3) is 0 Å². The molecule has 0 aliphatic carbocycles. The summed E-state index contributed by atoms with van der Waals surface area (Å²) in [6.07, 6.45) is 0. The molecule has 0 aliphatic rings. The SMILES string of the molecule is c1ccc(-c2nc(-c3ccc4c(c3)sc3ccccc34)nc(-c3cccc4oc5nc6ccccc6cc5c34)n2)cc1. The summed E-state index contributed by atoms with van der Waals surface area (Å²) >= 11 is 1.79. The van der Waals surface area contributed by atoms with Gasteiger partial charge in [0.15, 0.2) is 17.5 Å². The van der Waals surface area contributed by atoms with Crippen LogP contribution in [-0.2, 0) is 0 Å². The van der Waals surface area contributed by atoms with Gasteiger partial charge in [-0.05, 0) is 30.3 Å². The van der Waals surface area contributed by atoms with E-state index in [0.29, 0.717) is 23.2 Å². The first-order valence-corrected chi connectivity index (χ1v) is 14.5. The molecular weight excluding hydrogens is 536 g/mol. The van der Waals surface area contributed by atoms with E-state index in [2.05, 4.69) is 60.7 Å². The van der Waals surface area contributed by atoms with Gasteiger partial charge in [0.1, 0.15) is 5.58 Å². The number of nitrogens with zero attached hydrogens (tertiary/aromatic N) is 4. The van der Waals surface area contributed by atoms with Crippen molar-refractivity contribution in [1.82, 2.24) is 19.9 Å². The van der Waals surface area contributed by atoms with E-state index in [1.807, 2.05) is 60.7 Å². The molecule has 0 saturated carbocycles. The Morgan fingerprint density at radius 3 is 2.19 bits per heavy atom. The second kappa shape index (κ2) is 9.03. The highest BCUT2D eigenvalue weighted by atomic mass is 32.1. The van der Waals surface area contributed by atoms with Crippen molar-refractivity contribution in [1.29, 1.82) is 0 Å². The maximum Gasteiger partial charge on any atom is 0.227 e. The highest BCUT2D eigenvalue weighted by Gasteiger charge is 2.19. The van der Waals surface area contributed by atoms with Crippen LogP contribution in [0.25, 0.3) is 87.3 Å². The molecule has 0 saturated heterocycles. The van der Waals surface area contributed by atoms with E-state index in [4.69, 9.17) is 24.4 Å². The van der Waals surface area contributed by atoms with Crippen LogP contribution in [0.1, 0.15) is 0 Å². The van der Waals surface area contributed by atoms with Gasteiger partial charge in [-0.3, -0.25) is 0 Å². The number of benzene rings is 5. The Kier molecular flexibility index (Phi) is 5.00. The van der Waals surface area contributed by atoms with E-state index in [1.165, 1.54) is 20.2 Å². The number of aromatic nitrogens is 4. The highest BCUT2D eigenvalue weighted by molar-refractivity contribution is 7.25. The molecule has 0 atom stereocenters. The van der Waals surface area contributed by atoms with Crippen LogP contribution < -0.4 is 0 Å². The maximum absolute atomic E-state index is 6.25. The molecule has 5 aromatic carbocycles. The first kappa shape index (κ1) is 23.3. The Morgan fingerprint density at radius 1 is 0.500 bits per heavy atom. The van der Waals surface area contributed by atoms with Crippen LogP contribution in [0.2, 0.25) is 0 Å². The zero-order chi connectivity index (χ0) is 27.6. The number of furan rings is 1. The Bertz CT molecular complexity index is 2480. The van der Waals surface area contributed by atoms with Gasteiger partial charge in [0.2, 0.25) is 5.71 Å². The Morgan fingerprint density at radius 2 is 1.26 bits per heavy atom. The number of pyridine rings is 1. The average Bonchev–Trinajstić information content (AvgIpc) is 3.61. The normalized spacial score (nSPS) is 11.8. The third kappa shape index (κ3) is 3.62. The first-order chi connectivity index (χ1) is 20.8. The molecule has 42 heavy (non-hydrogen) atoms. The number of rotatable bonds is 3. The van der Waals surface area contributed by atoms with Crippen LogP contribution in [0.5, 0.6) is 0 Å². The molecule has 0 radical (unpaired) electrons. The second-order valence-electron chi connectivity index (χ2n) is 10.3. The van der Waals surface area contributed by atoms with Gasteiger partial charge in [0.05, 0.1) is 5.52 Å². The van der Waals surface area contributed by atoms with Crippen molar-refractivity contribution >= 4 is 64.5 Å². The van der Waals surface area contributed by atoms with E-state index < -0.39 is 0 Å². The van der Waals surface area contributed by atoms with E-state index in [9.17, 15) is 0 Å². The summed E-state index contributed by atoms with van der Waals surface area (Å²) in [5.41, 5.74) is 5.02. The van der Waals surface area contributed by atoms with Gasteiger partial charge in [-0.25, -0.2) is 19.9 Å². The van der Waals surface area contributed by atoms with Crippen LogP contribution in [0, 0.1) is 0 Å². The number of para-hydroxylation sites is 1. The summed E-state index contributed by atoms with van der Waals surface area (Å²) in [4.78, 5) is 19.9. The van der Waals surface area contributed by atoms with Crippen molar-refractivity contribution in [3.63, 3.8) is 0 Å². The fourth-order valence-electron chi connectivity index (χ4n) is 5.75. The van der Waals surface area contributed by atoms with Crippen LogP contribution in [0.15, 0.2) is 126 Å². The standard InChI is InChI=1S/C36H20N4OS/c1-2-9-21(10-3-1)33-38-34(23-17-18-25-24-12-5-7-16-30(24)42-31(25)20-23)40-35(39-33)26-13-8-15-29-32(26)27-19-22-11-4-6-14-28(22)37-36(27)41-29/h1-20H. The second-order valence-corrected chi connectivity index (χ2v) is 11.4. The summed E-state index contributed by atoms with van der Waals surface area (Å²) in [6, 6.07) is 41.3. The van der Waals surface area contributed by atoms with Gasteiger partial charge >= 0.3 is 0 Å². The molecule has 5 nitrogen and oxygen atoms in total. The minimum absolute atomic E-state index is 0.594. The fourth-order valence-corrected chi connectivity index (χ4v) is 6.89. The van der Waals surface area contributed by atoms with Gasteiger partial charge < -0.3 is 4.42 Å². The summed E-state index contributed by atoms with van der Waals surface area (Å²) in [6.45, 7) is 0. The predicted molar refractivity (Wildman–Crippen MR) is 172 cm³/mol. The Balaban J connectivity index is 1.30. The molecule has 9 rings (SSSR count). The molecule has 196 valence electrons. The average molecular weight is 557 g/mol. The van der Waals surface area contributed by atoms with E-state index in [0.717, 1.165) is 43.9 Å². The number of fused-ring (bicyclic) bond motifs is 7. The molecule has 0 aliphatic heterocycles. The van der Waals surface area contributed by atoms with Gasteiger partial charge in [-0.2, -0.15) is 0 Å². The van der Waals surface area contributed by atoms with Crippen LogP contribution in [-0.4, -0.2) is 19.9 Å². The molecular formula is C36H20N4OS. The molecule has 0 N–H and O–H groups in total. The highest BCUT2D eigenvalue weighted by Crippen LogP contribution is 2.39. The van der Waals surface area contributed by atoms with Crippen molar-refractivity contribution in [2.24, 2.45) is 0 Å². The Labute approximate surface area is 243 Å². The van der Waals surface area contributed by atoms with Crippen LogP contribution in [0.3, 0.4) is 0 Å². The molecule has 0 amide bonds. The largest absolute Gasteiger partial charge is 0.438 e. The lowest BCUT2D eigenvalue weighted by atomic mass is 10.0. The molecule has 9 aromatic rings. The maximum atomic E-state index is 6.25. The van der Waals surface area contributed by atoms with Gasteiger partial charge in [-0.15, -0.1) is 11.3 Å². The third-order valence-electron chi connectivity index (χ3n) is 7.74. The lowest BCUT2D eigenvalue weighted by Gasteiger charge is -2.09. The monoisotopic (exact) mass is 556 g/mol. The van der Waals surface area contributed by atoms with Crippen molar-refractivity contribution in [2.45, 2.75) is 0 Å². The van der Waals surface area contributed by atoms with Gasteiger partial charge in [0, 0.05) is 53.0 Å². The van der Waals surface area contributed by atoms with Crippen LogP contribution >= 0.6 is 11.3 Å². The minimum Gasteiger partial charge on any atom is -0.438 e. The van der Waals surface area contributed by atoms with E-state index in [1.54, 1.807) is 11.3 Å². The van der Waals surface area contributed by atoms with Crippen molar-refractivity contribution in [3.05, 3.63) is 121 Å². The fraction of sp³-hybridized carbons (Fsp3) is 0. The zero-order valence-corrected chi connectivity index (χ0v) is 23.0. The van der Waals surface area contributed by atoms with E-state index >= 15 is 0 Å². The van der Waals surface area contributed by atoms with Crippen molar-refractivity contribution < 1.29 is 4.42 Å². The third-order valence-corrected chi connectivity index (χ3v) is 8.87. The summed E-state index contributed by atoms with van der Waals surface area (Å²) in [7, 11) is 0. The van der Waals surface area contributed by atoms with Crippen molar-refractivity contribution in [2.75, 3.05) is 0 Å². The number of thiophene rings is 1. The van der Waals surface area contributed by atoms with Crippen molar-refractivity contribution in [3.8, 4) is 34.2 Å². The minimum atomic E-state index is 0.594. The lowest BCUT2D eigenvalue weighted by molar-refractivity contribution is 0.656. The number of hydrogen-bond donors (Lipinski definition) is 0. The Hall–Kier alpha value is -5.46. The summed E-state index contributed by atoms with van der Waals surface area (Å²) in [5.74, 6) is 1.85. The smallest absolute Gasteiger partial charge is 0.227 e. The quantitative estimate of drug-likeness (QED) is 0.217. The lowest BCUT2D eigenvalue weighted by Crippen LogP contribution is -2.00. The molecule has 0 unspecified atom stereocenters. The van der Waals surface area contributed by atoms with E-state index in [-0.39, 0.29) is 0 Å². The topological polar surface area (TPSA) is 64.7 Å². The first-order valence-electron chi connectivity index (χ1n) is 13.7. The summed E-state index contributed by atoms with van der Waals surface area (Å²) in [5, 5.41) is 5.45. The van der Waals surface area contributed by atoms with Gasteiger partial charge in [-0.1, -0.05) is 91.0 Å². The molecule has 6 heteroatoms. The summed E-state index contributed by atoms with van der Waals surface area (Å²) < 4.78 is 8.72. The zero-order valence-electron chi connectivity index (χ0n) is 22.2. The molecule has 0 fully saturated rings. The molecule has 0 spiro atoms. The predicted octanol–water partition coefficient (Wildman–Crippen LogP) is 9.69. The molecule has 4 heterocycles. The molecule has 0 bridgehead atoms. The molecule has 4 aromatic heterocycles.